The Morgan fingerprint density at radius 3 is 2.15 bits per heavy atom. The van der Waals surface area contributed by atoms with Gasteiger partial charge < -0.3 is 0 Å². The van der Waals surface area contributed by atoms with Gasteiger partial charge in [0.1, 0.15) is 0 Å². The van der Waals surface area contributed by atoms with E-state index >= 15 is 0 Å². The van der Waals surface area contributed by atoms with Crippen LogP contribution in [0.4, 0.5) is 0 Å². The number of allylic oxidation sites excluding steroid dienone is 9. The van der Waals surface area contributed by atoms with E-state index in [0.717, 1.165) is 6.42 Å². The molecule has 0 aromatic heterocycles. The normalized spacial score (nSPS) is 19.0. The molecular formula is C33H30. The Balaban J connectivity index is 1.85. The average molecular weight is 427 g/mol. The van der Waals surface area contributed by atoms with Crippen LogP contribution < -0.4 is 0 Å². The largest absolute Gasteiger partial charge is 0.0987 e. The molecule has 2 aliphatic rings. The zero-order valence-corrected chi connectivity index (χ0v) is 19.5. The van der Waals surface area contributed by atoms with Gasteiger partial charge in [-0.1, -0.05) is 123 Å². The standard InChI is InChI=1S/C33H30/c1-4-13-29-30-23-26(25-15-12-14-24(3)22-25)20-21-32(30)33(31(29)5-2,27-16-8-6-9-17-27)28-18-10-7-11-19-28/h4-21,23-24H,2,22H2,1,3H3/b13-4-. The molecule has 0 nitrogen and oxygen atoms in total. The maximum Gasteiger partial charge on any atom is 0.0713 e. The van der Waals surface area contributed by atoms with Crippen molar-refractivity contribution >= 4 is 11.1 Å². The van der Waals surface area contributed by atoms with Crippen molar-refractivity contribution in [2.45, 2.75) is 25.7 Å². The first-order valence-corrected chi connectivity index (χ1v) is 11.8. The lowest BCUT2D eigenvalue weighted by Crippen LogP contribution is -2.29. The molecular weight excluding hydrogens is 396 g/mol. The molecule has 0 bridgehead atoms. The Labute approximate surface area is 198 Å². The number of hydrogen-bond donors (Lipinski definition) is 0. The van der Waals surface area contributed by atoms with Crippen molar-refractivity contribution in [3.63, 3.8) is 0 Å². The van der Waals surface area contributed by atoms with E-state index in [-0.39, 0.29) is 5.41 Å². The molecule has 0 saturated carbocycles. The van der Waals surface area contributed by atoms with Crippen molar-refractivity contribution < 1.29 is 0 Å². The SMILES string of the molecule is C=CC1=C(/C=C\C)c2cc(C3=CC=CC(C)C3)ccc2C1(c1ccccc1)c1ccccc1. The Kier molecular flexibility index (Phi) is 5.60. The van der Waals surface area contributed by atoms with E-state index < -0.39 is 0 Å². The summed E-state index contributed by atoms with van der Waals surface area (Å²) in [5.74, 6) is 0.570. The van der Waals surface area contributed by atoms with Crippen molar-refractivity contribution in [2.24, 2.45) is 5.92 Å². The summed E-state index contributed by atoms with van der Waals surface area (Å²) in [7, 11) is 0. The molecule has 162 valence electrons. The highest BCUT2D eigenvalue weighted by atomic mass is 14.5. The van der Waals surface area contributed by atoms with Gasteiger partial charge in [-0.15, -0.1) is 0 Å². The Morgan fingerprint density at radius 1 is 0.909 bits per heavy atom. The molecule has 0 radical (unpaired) electrons. The van der Waals surface area contributed by atoms with Crippen LogP contribution in [-0.4, -0.2) is 0 Å². The van der Waals surface area contributed by atoms with Crippen molar-refractivity contribution in [1.29, 1.82) is 0 Å². The monoisotopic (exact) mass is 426 g/mol. The second-order valence-corrected chi connectivity index (χ2v) is 9.03. The van der Waals surface area contributed by atoms with Crippen molar-refractivity contribution in [3.05, 3.63) is 155 Å². The Morgan fingerprint density at radius 2 is 1.58 bits per heavy atom. The predicted octanol–water partition coefficient (Wildman–Crippen LogP) is 8.53. The highest BCUT2D eigenvalue weighted by Crippen LogP contribution is 2.55. The van der Waals surface area contributed by atoms with Crippen molar-refractivity contribution in [1.82, 2.24) is 0 Å². The summed E-state index contributed by atoms with van der Waals surface area (Å²) in [6.45, 7) is 8.70. The predicted molar refractivity (Wildman–Crippen MR) is 142 cm³/mol. The molecule has 0 fully saturated rings. The zero-order chi connectivity index (χ0) is 22.8. The van der Waals surface area contributed by atoms with Crippen LogP contribution in [0.1, 0.15) is 48.1 Å². The molecule has 0 aliphatic heterocycles. The maximum atomic E-state index is 4.31. The fraction of sp³-hybridized carbons (Fsp3) is 0.152. The minimum Gasteiger partial charge on any atom is -0.0987 e. The average Bonchev–Trinajstić information content (AvgIpc) is 3.15. The summed E-state index contributed by atoms with van der Waals surface area (Å²) < 4.78 is 0. The van der Waals surface area contributed by atoms with Crippen LogP contribution in [-0.2, 0) is 5.41 Å². The number of fused-ring (bicyclic) bond motifs is 1. The molecule has 2 aliphatic carbocycles. The van der Waals surface area contributed by atoms with Crippen LogP contribution >= 0.6 is 0 Å². The lowest BCUT2D eigenvalue weighted by molar-refractivity contribution is 0.748. The van der Waals surface area contributed by atoms with Crippen LogP contribution in [0, 0.1) is 5.92 Å². The maximum absolute atomic E-state index is 4.31. The van der Waals surface area contributed by atoms with E-state index in [2.05, 4.69) is 136 Å². The van der Waals surface area contributed by atoms with E-state index in [1.807, 2.05) is 0 Å². The van der Waals surface area contributed by atoms with Crippen LogP contribution in [0.5, 0.6) is 0 Å². The Bertz CT molecular complexity index is 1260. The van der Waals surface area contributed by atoms with Crippen LogP contribution in [0.2, 0.25) is 0 Å². The summed E-state index contributed by atoms with van der Waals surface area (Å²) in [5.41, 5.74) is 10.0. The van der Waals surface area contributed by atoms with Gasteiger partial charge >= 0.3 is 0 Å². The first kappa shape index (κ1) is 21.2. The topological polar surface area (TPSA) is 0 Å². The van der Waals surface area contributed by atoms with Crippen LogP contribution in [0.15, 0.2) is 127 Å². The molecule has 5 rings (SSSR count). The van der Waals surface area contributed by atoms with E-state index in [0.29, 0.717) is 5.92 Å². The van der Waals surface area contributed by atoms with E-state index in [1.165, 1.54) is 44.5 Å². The molecule has 1 unspecified atom stereocenters. The number of benzene rings is 3. The fourth-order valence-electron chi connectivity index (χ4n) is 5.62. The highest BCUT2D eigenvalue weighted by Gasteiger charge is 2.46. The summed E-state index contributed by atoms with van der Waals surface area (Å²) in [6, 6.07) is 28.8. The molecule has 0 spiro atoms. The van der Waals surface area contributed by atoms with Gasteiger partial charge in [0.15, 0.2) is 0 Å². The van der Waals surface area contributed by atoms with Gasteiger partial charge in [0.2, 0.25) is 0 Å². The molecule has 3 aromatic rings. The lowest BCUT2D eigenvalue weighted by atomic mass is 9.66. The first-order valence-electron chi connectivity index (χ1n) is 11.8. The number of hydrogen-bond acceptors (Lipinski definition) is 0. The summed E-state index contributed by atoms with van der Waals surface area (Å²) in [5, 5.41) is 0. The minimum atomic E-state index is -0.388. The molecule has 0 N–H and O–H groups in total. The second-order valence-electron chi connectivity index (χ2n) is 9.03. The highest BCUT2D eigenvalue weighted by molar-refractivity contribution is 5.93. The molecule has 3 aromatic carbocycles. The molecule has 0 heterocycles. The van der Waals surface area contributed by atoms with Crippen molar-refractivity contribution in [3.8, 4) is 0 Å². The van der Waals surface area contributed by atoms with E-state index in [9.17, 15) is 0 Å². The minimum absolute atomic E-state index is 0.388. The van der Waals surface area contributed by atoms with Gasteiger partial charge in [-0.25, -0.2) is 0 Å². The second kappa shape index (κ2) is 8.71. The van der Waals surface area contributed by atoms with Gasteiger partial charge in [-0.3, -0.25) is 0 Å². The molecule has 0 saturated heterocycles. The number of rotatable bonds is 5. The van der Waals surface area contributed by atoms with Gasteiger partial charge in [-0.2, -0.15) is 0 Å². The smallest absolute Gasteiger partial charge is 0.0713 e. The van der Waals surface area contributed by atoms with Crippen molar-refractivity contribution in [2.75, 3.05) is 0 Å². The van der Waals surface area contributed by atoms with Crippen LogP contribution in [0.3, 0.4) is 0 Å². The first-order chi connectivity index (χ1) is 16.2. The van der Waals surface area contributed by atoms with Gasteiger partial charge in [0.25, 0.3) is 0 Å². The third-order valence-corrected chi connectivity index (χ3v) is 7.01. The third kappa shape index (κ3) is 3.38. The molecule has 0 amide bonds. The van der Waals surface area contributed by atoms with Crippen LogP contribution in [0.25, 0.3) is 11.1 Å². The molecule has 1 atom stereocenters. The Hall–Kier alpha value is -3.64. The summed E-state index contributed by atoms with van der Waals surface area (Å²) in [6.07, 6.45) is 14.3. The molecule has 33 heavy (non-hydrogen) atoms. The van der Waals surface area contributed by atoms with E-state index in [4.69, 9.17) is 0 Å². The summed E-state index contributed by atoms with van der Waals surface area (Å²) >= 11 is 0. The van der Waals surface area contributed by atoms with E-state index in [1.54, 1.807) is 0 Å². The summed E-state index contributed by atoms with van der Waals surface area (Å²) in [4.78, 5) is 0. The fourth-order valence-corrected chi connectivity index (χ4v) is 5.62. The van der Waals surface area contributed by atoms with Gasteiger partial charge in [0.05, 0.1) is 5.41 Å². The lowest BCUT2D eigenvalue weighted by Gasteiger charge is -2.35. The third-order valence-electron chi connectivity index (χ3n) is 7.01. The molecule has 0 heteroatoms. The van der Waals surface area contributed by atoms with Gasteiger partial charge in [0, 0.05) is 0 Å². The quantitative estimate of drug-likeness (QED) is 0.383. The van der Waals surface area contributed by atoms with Gasteiger partial charge in [-0.05, 0) is 69.9 Å². The zero-order valence-electron chi connectivity index (χ0n) is 19.5.